The summed E-state index contributed by atoms with van der Waals surface area (Å²) >= 11 is 0. The van der Waals surface area contributed by atoms with Crippen LogP contribution < -0.4 is 5.19 Å². The lowest BCUT2D eigenvalue weighted by atomic mass is 9.86. The summed E-state index contributed by atoms with van der Waals surface area (Å²) in [6.07, 6.45) is 0. The first kappa shape index (κ1) is 15.7. The molecule has 0 saturated heterocycles. The Morgan fingerprint density at radius 3 is 1.83 bits per heavy atom. The highest BCUT2D eigenvalue weighted by molar-refractivity contribution is 6.89. The Morgan fingerprint density at radius 1 is 0.889 bits per heavy atom. The molecule has 1 aromatic carbocycles. The minimum absolute atomic E-state index is 0.321. The van der Waals surface area contributed by atoms with Gasteiger partial charge in [-0.25, -0.2) is 0 Å². The highest BCUT2D eigenvalue weighted by atomic mass is 28.3. The quantitative estimate of drug-likeness (QED) is 0.691. The molecule has 0 saturated carbocycles. The SMILES string of the molecule is CC(C)(C[Si](C)(C)C)c1ccccc1[Si](C)(C)C. The van der Waals surface area contributed by atoms with Crippen LogP contribution in [0.2, 0.25) is 45.3 Å². The van der Waals surface area contributed by atoms with Gasteiger partial charge in [-0.2, -0.15) is 0 Å². The van der Waals surface area contributed by atoms with Gasteiger partial charge in [-0.1, -0.05) is 82.6 Å². The Labute approximate surface area is 116 Å². The predicted molar refractivity (Wildman–Crippen MR) is 90.6 cm³/mol. The van der Waals surface area contributed by atoms with E-state index in [4.69, 9.17) is 0 Å². The zero-order valence-electron chi connectivity index (χ0n) is 13.5. The van der Waals surface area contributed by atoms with E-state index >= 15 is 0 Å². The van der Waals surface area contributed by atoms with E-state index in [-0.39, 0.29) is 0 Å². The third-order valence-corrected chi connectivity index (χ3v) is 7.43. The molecule has 0 bridgehead atoms. The molecule has 1 rings (SSSR count). The van der Waals surface area contributed by atoms with Crippen molar-refractivity contribution in [3.8, 4) is 0 Å². The largest absolute Gasteiger partial charge is 0.0779 e. The Morgan fingerprint density at radius 2 is 1.39 bits per heavy atom. The lowest BCUT2D eigenvalue weighted by molar-refractivity contribution is 0.583. The lowest BCUT2D eigenvalue weighted by Crippen LogP contribution is -2.45. The first-order valence-corrected chi connectivity index (χ1v) is 14.2. The molecule has 0 fully saturated rings. The normalized spacial score (nSPS) is 13.8. The molecule has 0 spiro atoms. The maximum atomic E-state index is 2.48. The van der Waals surface area contributed by atoms with E-state index in [2.05, 4.69) is 77.4 Å². The summed E-state index contributed by atoms with van der Waals surface area (Å²) in [6, 6.07) is 10.5. The van der Waals surface area contributed by atoms with Crippen LogP contribution in [-0.4, -0.2) is 16.1 Å². The van der Waals surface area contributed by atoms with Gasteiger partial charge < -0.3 is 0 Å². The average molecular weight is 279 g/mol. The molecule has 0 amide bonds. The van der Waals surface area contributed by atoms with E-state index in [1.165, 1.54) is 6.04 Å². The van der Waals surface area contributed by atoms with Crippen molar-refractivity contribution in [3.63, 3.8) is 0 Å². The van der Waals surface area contributed by atoms with Crippen molar-refractivity contribution in [3.05, 3.63) is 29.8 Å². The fourth-order valence-corrected chi connectivity index (χ4v) is 7.82. The van der Waals surface area contributed by atoms with Gasteiger partial charge in [-0.3, -0.25) is 0 Å². The second kappa shape index (κ2) is 4.97. The van der Waals surface area contributed by atoms with Crippen LogP contribution in [0.5, 0.6) is 0 Å². The minimum Gasteiger partial charge on any atom is -0.0695 e. The Bertz CT molecular complexity index is 406. The third kappa shape index (κ3) is 4.09. The predicted octanol–water partition coefficient (Wildman–Crippen LogP) is 4.85. The zero-order chi connectivity index (χ0) is 14.2. The van der Waals surface area contributed by atoms with Gasteiger partial charge in [0, 0.05) is 8.07 Å². The van der Waals surface area contributed by atoms with Crippen LogP contribution in [0.4, 0.5) is 0 Å². The highest BCUT2D eigenvalue weighted by Crippen LogP contribution is 2.32. The van der Waals surface area contributed by atoms with Crippen LogP contribution in [0.15, 0.2) is 24.3 Å². The molecular formula is C16H30Si2. The maximum Gasteiger partial charge on any atom is 0.0779 e. The van der Waals surface area contributed by atoms with Crippen LogP contribution in [0.25, 0.3) is 0 Å². The van der Waals surface area contributed by atoms with Gasteiger partial charge in [0.05, 0.1) is 8.07 Å². The summed E-state index contributed by atoms with van der Waals surface area (Å²) in [4.78, 5) is 0. The number of benzene rings is 1. The minimum atomic E-state index is -1.25. The Kier molecular flexibility index (Phi) is 4.34. The van der Waals surface area contributed by atoms with E-state index < -0.39 is 16.1 Å². The average Bonchev–Trinajstić information content (AvgIpc) is 2.12. The molecule has 0 aromatic heterocycles. The Balaban J connectivity index is 3.25. The molecule has 0 aliphatic carbocycles. The van der Waals surface area contributed by atoms with Crippen molar-refractivity contribution in [2.45, 2.75) is 64.6 Å². The first-order chi connectivity index (χ1) is 7.93. The first-order valence-electron chi connectivity index (χ1n) is 7.03. The van der Waals surface area contributed by atoms with Crippen molar-refractivity contribution in [2.24, 2.45) is 0 Å². The summed E-state index contributed by atoms with van der Waals surface area (Å²) < 4.78 is 0. The van der Waals surface area contributed by atoms with Crippen LogP contribution >= 0.6 is 0 Å². The van der Waals surface area contributed by atoms with E-state index in [1.54, 1.807) is 10.8 Å². The molecule has 0 aliphatic heterocycles. The fraction of sp³-hybridized carbons (Fsp3) is 0.625. The van der Waals surface area contributed by atoms with Gasteiger partial charge in [-0.05, 0) is 17.0 Å². The molecule has 102 valence electrons. The van der Waals surface area contributed by atoms with Gasteiger partial charge >= 0.3 is 0 Å². The monoisotopic (exact) mass is 278 g/mol. The van der Waals surface area contributed by atoms with E-state index in [1.807, 2.05) is 0 Å². The molecule has 1 aromatic rings. The molecule has 2 heteroatoms. The third-order valence-electron chi connectivity index (χ3n) is 3.44. The van der Waals surface area contributed by atoms with E-state index in [0.29, 0.717) is 5.41 Å². The second-order valence-corrected chi connectivity index (χ2v) is 18.9. The molecule has 0 unspecified atom stereocenters. The maximum absolute atomic E-state index is 2.48. The van der Waals surface area contributed by atoms with Crippen molar-refractivity contribution >= 4 is 21.3 Å². The zero-order valence-corrected chi connectivity index (χ0v) is 15.5. The molecule has 0 atom stereocenters. The van der Waals surface area contributed by atoms with Crippen molar-refractivity contribution in [1.29, 1.82) is 0 Å². The van der Waals surface area contributed by atoms with Crippen LogP contribution in [0.1, 0.15) is 19.4 Å². The molecule has 0 heterocycles. The fourth-order valence-electron chi connectivity index (χ4n) is 3.15. The number of hydrogen-bond donors (Lipinski definition) is 0. The van der Waals surface area contributed by atoms with E-state index in [0.717, 1.165) is 0 Å². The lowest BCUT2D eigenvalue weighted by Gasteiger charge is -2.36. The van der Waals surface area contributed by atoms with Gasteiger partial charge in [0.25, 0.3) is 0 Å². The summed E-state index contributed by atoms with van der Waals surface area (Å²) in [6.45, 7) is 19.7. The van der Waals surface area contributed by atoms with Gasteiger partial charge in [0.2, 0.25) is 0 Å². The number of hydrogen-bond acceptors (Lipinski definition) is 0. The van der Waals surface area contributed by atoms with Crippen molar-refractivity contribution < 1.29 is 0 Å². The van der Waals surface area contributed by atoms with Gasteiger partial charge in [0.1, 0.15) is 0 Å². The smallest absolute Gasteiger partial charge is 0.0695 e. The molecule has 0 N–H and O–H groups in total. The summed E-state index contributed by atoms with van der Waals surface area (Å²) in [7, 11) is -2.29. The van der Waals surface area contributed by atoms with Crippen LogP contribution in [0, 0.1) is 0 Å². The van der Waals surface area contributed by atoms with Crippen LogP contribution in [-0.2, 0) is 5.41 Å². The molecule has 0 nitrogen and oxygen atoms in total. The molecule has 0 radical (unpaired) electrons. The van der Waals surface area contributed by atoms with Crippen LogP contribution in [0.3, 0.4) is 0 Å². The van der Waals surface area contributed by atoms with Crippen molar-refractivity contribution in [2.75, 3.05) is 0 Å². The number of rotatable bonds is 4. The molecule has 18 heavy (non-hydrogen) atoms. The summed E-state index contributed by atoms with van der Waals surface area (Å²) in [5, 5.41) is 1.65. The second-order valence-electron chi connectivity index (χ2n) is 8.42. The topological polar surface area (TPSA) is 0 Å². The molecule has 0 aliphatic rings. The van der Waals surface area contributed by atoms with Gasteiger partial charge in [-0.15, -0.1) is 0 Å². The van der Waals surface area contributed by atoms with E-state index in [9.17, 15) is 0 Å². The van der Waals surface area contributed by atoms with Crippen molar-refractivity contribution in [1.82, 2.24) is 0 Å². The highest BCUT2D eigenvalue weighted by Gasteiger charge is 2.32. The summed E-state index contributed by atoms with van der Waals surface area (Å²) in [5.41, 5.74) is 1.92. The standard InChI is InChI=1S/C16H30Si2/c1-16(2,13-17(3,4)5)14-11-9-10-12-15(14)18(6,7)8/h9-12H,13H2,1-8H3. The van der Waals surface area contributed by atoms with Gasteiger partial charge in [0.15, 0.2) is 0 Å². The molecular weight excluding hydrogens is 248 g/mol. The summed E-state index contributed by atoms with van der Waals surface area (Å²) in [5.74, 6) is 0. The Hall–Kier alpha value is -0.346.